The molecule has 3 nitrogen and oxygen atoms in total. The molecule has 1 atom stereocenters. The van der Waals surface area contributed by atoms with E-state index in [-0.39, 0.29) is 11.4 Å². The molecule has 0 N–H and O–H groups in total. The largest absolute Gasteiger partial charge is 0.486 e. The summed E-state index contributed by atoms with van der Waals surface area (Å²) in [6.07, 6.45) is 3.03. The highest BCUT2D eigenvalue weighted by Gasteiger charge is 2.40. The molecule has 0 aromatic heterocycles. The highest BCUT2D eigenvalue weighted by molar-refractivity contribution is 6.31. The zero-order valence-corrected chi connectivity index (χ0v) is 10.8. The van der Waals surface area contributed by atoms with E-state index in [4.69, 9.17) is 21.1 Å². The normalized spacial score (nSPS) is 27.5. The van der Waals surface area contributed by atoms with Crippen LogP contribution in [-0.2, 0) is 4.74 Å². The number of rotatable bonds is 0. The van der Waals surface area contributed by atoms with E-state index in [9.17, 15) is 4.79 Å². The molecule has 1 unspecified atom stereocenters. The molecule has 2 aliphatic heterocycles. The van der Waals surface area contributed by atoms with Gasteiger partial charge in [0.05, 0.1) is 18.6 Å². The maximum Gasteiger partial charge on any atom is 0.170 e. The molecule has 4 heteroatoms. The van der Waals surface area contributed by atoms with Gasteiger partial charge in [-0.3, -0.25) is 4.79 Å². The van der Waals surface area contributed by atoms with E-state index in [0.29, 0.717) is 29.4 Å². The van der Waals surface area contributed by atoms with Crippen LogP contribution in [0.4, 0.5) is 0 Å². The van der Waals surface area contributed by atoms with E-state index >= 15 is 0 Å². The van der Waals surface area contributed by atoms with Crippen molar-refractivity contribution in [1.29, 1.82) is 0 Å². The molecule has 18 heavy (non-hydrogen) atoms. The van der Waals surface area contributed by atoms with Gasteiger partial charge in [0.15, 0.2) is 5.78 Å². The third kappa shape index (κ3) is 2.13. The lowest BCUT2D eigenvalue weighted by atomic mass is 9.84. The number of carbonyl (C=O) groups is 1. The van der Waals surface area contributed by atoms with Crippen molar-refractivity contribution in [1.82, 2.24) is 0 Å². The van der Waals surface area contributed by atoms with Gasteiger partial charge in [-0.15, -0.1) is 0 Å². The highest BCUT2D eigenvalue weighted by atomic mass is 35.5. The Morgan fingerprint density at radius 1 is 1.22 bits per heavy atom. The number of hydrogen-bond donors (Lipinski definition) is 0. The topological polar surface area (TPSA) is 35.5 Å². The fourth-order valence-corrected chi connectivity index (χ4v) is 2.90. The van der Waals surface area contributed by atoms with Gasteiger partial charge in [0.2, 0.25) is 0 Å². The van der Waals surface area contributed by atoms with Crippen LogP contribution in [-0.4, -0.2) is 24.6 Å². The number of benzene rings is 1. The van der Waals surface area contributed by atoms with Crippen molar-refractivity contribution in [2.24, 2.45) is 0 Å². The van der Waals surface area contributed by atoms with E-state index in [1.54, 1.807) is 18.2 Å². The summed E-state index contributed by atoms with van der Waals surface area (Å²) in [5, 5.41) is 0.575. The van der Waals surface area contributed by atoms with Crippen molar-refractivity contribution in [3.8, 4) is 5.75 Å². The molecule has 1 spiro atoms. The second-order valence-electron chi connectivity index (χ2n) is 4.99. The van der Waals surface area contributed by atoms with Crippen LogP contribution in [0.25, 0.3) is 0 Å². The van der Waals surface area contributed by atoms with Crippen LogP contribution in [0.5, 0.6) is 5.75 Å². The first kappa shape index (κ1) is 12.0. The Labute approximate surface area is 111 Å². The second kappa shape index (κ2) is 4.56. The number of carbonyl (C=O) groups excluding carboxylic acids is 1. The Balaban J connectivity index is 1.95. The molecule has 0 bridgehead atoms. The molecule has 1 aromatic carbocycles. The molecule has 2 aliphatic rings. The summed E-state index contributed by atoms with van der Waals surface area (Å²) in [4.78, 5) is 12.2. The first-order valence-electron chi connectivity index (χ1n) is 6.28. The molecule has 0 amide bonds. The quantitative estimate of drug-likeness (QED) is 0.723. The van der Waals surface area contributed by atoms with Crippen molar-refractivity contribution in [2.45, 2.75) is 31.3 Å². The molecule has 1 saturated heterocycles. The summed E-state index contributed by atoms with van der Waals surface area (Å²) in [7, 11) is 0. The Bertz CT molecular complexity index is 476. The second-order valence-corrected chi connectivity index (χ2v) is 5.43. The Kier molecular flexibility index (Phi) is 3.04. The molecular weight excluding hydrogens is 252 g/mol. The average molecular weight is 267 g/mol. The lowest BCUT2D eigenvalue weighted by Crippen LogP contribution is -2.42. The number of ether oxygens (including phenoxy) is 2. The number of fused-ring (bicyclic) bond motifs is 1. The number of Topliss-reactive ketones (excluding diaryl/α,β-unsaturated/α-hetero) is 1. The predicted molar refractivity (Wildman–Crippen MR) is 68.4 cm³/mol. The van der Waals surface area contributed by atoms with Gasteiger partial charge in [0.1, 0.15) is 11.4 Å². The smallest absolute Gasteiger partial charge is 0.170 e. The first-order chi connectivity index (χ1) is 8.69. The zero-order valence-electron chi connectivity index (χ0n) is 10.1. The highest BCUT2D eigenvalue weighted by Crippen LogP contribution is 2.39. The summed E-state index contributed by atoms with van der Waals surface area (Å²) in [6, 6.07) is 5.25. The third-order valence-corrected chi connectivity index (χ3v) is 3.91. The van der Waals surface area contributed by atoms with Crippen molar-refractivity contribution in [3.05, 3.63) is 28.8 Å². The van der Waals surface area contributed by atoms with Gasteiger partial charge >= 0.3 is 0 Å². The Hall–Kier alpha value is -1.06. The van der Waals surface area contributed by atoms with Gasteiger partial charge < -0.3 is 9.47 Å². The lowest BCUT2D eigenvalue weighted by Gasteiger charge is -2.37. The van der Waals surface area contributed by atoms with Crippen molar-refractivity contribution >= 4 is 17.4 Å². The first-order valence-corrected chi connectivity index (χ1v) is 6.66. The lowest BCUT2D eigenvalue weighted by molar-refractivity contribution is 0.0248. The average Bonchev–Trinajstić information content (AvgIpc) is 2.56. The number of ketones is 1. The van der Waals surface area contributed by atoms with Crippen LogP contribution >= 0.6 is 11.6 Å². The fraction of sp³-hybridized carbons (Fsp3) is 0.500. The van der Waals surface area contributed by atoms with Crippen LogP contribution < -0.4 is 4.74 Å². The summed E-state index contributed by atoms with van der Waals surface area (Å²) < 4.78 is 11.6. The van der Waals surface area contributed by atoms with Crippen molar-refractivity contribution < 1.29 is 14.3 Å². The van der Waals surface area contributed by atoms with Gasteiger partial charge in [0.25, 0.3) is 0 Å². The molecule has 2 heterocycles. The summed E-state index contributed by atoms with van der Waals surface area (Å²) in [5.41, 5.74) is 0.243. The summed E-state index contributed by atoms with van der Waals surface area (Å²) >= 11 is 5.92. The van der Waals surface area contributed by atoms with Gasteiger partial charge in [-0.05, 0) is 31.0 Å². The van der Waals surface area contributed by atoms with Gasteiger partial charge in [-0.25, -0.2) is 0 Å². The summed E-state index contributed by atoms with van der Waals surface area (Å²) in [6.45, 7) is 1.42. The van der Waals surface area contributed by atoms with Crippen LogP contribution in [0.15, 0.2) is 18.2 Å². The molecular formula is C14H15ClO3. The minimum atomic E-state index is -0.367. The minimum Gasteiger partial charge on any atom is -0.486 e. The molecule has 0 radical (unpaired) electrons. The Morgan fingerprint density at radius 3 is 3.00 bits per heavy atom. The standard InChI is InChI=1S/C14H15ClO3/c15-10-2-3-13-11(8-10)12(16)9-14(18-13)4-1-6-17-7-5-14/h2-3,8H,1,4-7,9H2. The van der Waals surface area contributed by atoms with Gasteiger partial charge in [-0.1, -0.05) is 11.6 Å². The van der Waals surface area contributed by atoms with Crippen LogP contribution in [0.3, 0.4) is 0 Å². The SMILES string of the molecule is O=C1CC2(CCCOCC2)Oc2ccc(Cl)cc21. The molecule has 0 saturated carbocycles. The predicted octanol–water partition coefficient (Wildman–Crippen LogP) is 3.24. The zero-order chi connectivity index (χ0) is 12.6. The molecule has 3 rings (SSSR count). The summed E-state index contributed by atoms with van der Waals surface area (Å²) in [5.74, 6) is 0.790. The molecule has 96 valence electrons. The van der Waals surface area contributed by atoms with Gasteiger partial charge in [-0.2, -0.15) is 0 Å². The molecule has 0 aliphatic carbocycles. The van der Waals surface area contributed by atoms with Crippen molar-refractivity contribution in [3.63, 3.8) is 0 Å². The monoisotopic (exact) mass is 266 g/mol. The van der Waals surface area contributed by atoms with E-state index in [1.165, 1.54) is 0 Å². The molecule has 1 aromatic rings. The number of halogens is 1. The van der Waals surface area contributed by atoms with Crippen LogP contribution in [0.1, 0.15) is 36.0 Å². The minimum absolute atomic E-state index is 0.126. The van der Waals surface area contributed by atoms with Gasteiger partial charge in [0, 0.05) is 18.1 Å². The van der Waals surface area contributed by atoms with E-state index in [2.05, 4.69) is 0 Å². The van der Waals surface area contributed by atoms with E-state index in [0.717, 1.165) is 25.9 Å². The van der Waals surface area contributed by atoms with E-state index in [1.807, 2.05) is 0 Å². The van der Waals surface area contributed by atoms with E-state index < -0.39 is 0 Å². The fourth-order valence-electron chi connectivity index (χ4n) is 2.73. The maximum atomic E-state index is 12.2. The van der Waals surface area contributed by atoms with Crippen molar-refractivity contribution in [2.75, 3.05) is 13.2 Å². The maximum absolute atomic E-state index is 12.2. The number of hydrogen-bond acceptors (Lipinski definition) is 3. The van der Waals surface area contributed by atoms with Crippen LogP contribution in [0, 0.1) is 0 Å². The molecule has 1 fully saturated rings. The third-order valence-electron chi connectivity index (χ3n) is 3.67. The Morgan fingerprint density at radius 2 is 2.11 bits per heavy atom. The van der Waals surface area contributed by atoms with Crippen LogP contribution in [0.2, 0.25) is 5.02 Å².